The third-order valence-electron chi connectivity index (χ3n) is 5.67. The predicted octanol–water partition coefficient (Wildman–Crippen LogP) is 5.58. The van der Waals surface area contributed by atoms with Gasteiger partial charge in [-0.15, -0.1) is 0 Å². The lowest BCUT2D eigenvalue weighted by atomic mass is 10.1. The largest absolute Gasteiger partial charge is 0.464 e. The van der Waals surface area contributed by atoms with Crippen molar-refractivity contribution in [1.82, 2.24) is 9.80 Å². The van der Waals surface area contributed by atoms with E-state index in [0.717, 1.165) is 11.3 Å². The minimum atomic E-state index is -0.585. The molecular weight excluding hydrogens is 489 g/mol. The Morgan fingerprint density at radius 3 is 2.53 bits per heavy atom. The number of aryl methyl sites for hydroxylation is 1. The van der Waals surface area contributed by atoms with E-state index in [1.54, 1.807) is 11.0 Å². The van der Waals surface area contributed by atoms with Crippen LogP contribution in [0.5, 0.6) is 11.5 Å². The first-order valence-corrected chi connectivity index (χ1v) is 11.8. The third kappa shape index (κ3) is 6.09. The number of nitrogens with one attached hydrogen (secondary N) is 1. The number of nitrogens with zero attached hydrogens (tertiary/aromatic N) is 2. The minimum Gasteiger partial charge on any atom is -0.464 e. The molecule has 0 bridgehead atoms. The summed E-state index contributed by atoms with van der Waals surface area (Å²) in [6.07, 6.45) is 0. The van der Waals surface area contributed by atoms with E-state index >= 15 is 0 Å². The molecule has 0 atom stereocenters. The van der Waals surface area contributed by atoms with Crippen molar-refractivity contribution in [2.75, 3.05) is 18.7 Å². The van der Waals surface area contributed by atoms with E-state index in [-0.39, 0.29) is 43.4 Å². The lowest BCUT2D eigenvalue weighted by Crippen LogP contribution is -2.47. The molecule has 1 aliphatic rings. The highest BCUT2D eigenvalue weighted by molar-refractivity contribution is 6.31. The van der Waals surface area contributed by atoms with Crippen molar-refractivity contribution in [2.24, 2.45) is 0 Å². The average molecular weight is 516 g/mol. The quantitative estimate of drug-likeness (QED) is 0.423. The number of halogens is 2. The summed E-state index contributed by atoms with van der Waals surface area (Å²) in [6, 6.07) is 12.3. The number of furan rings is 1. The van der Waals surface area contributed by atoms with Crippen LogP contribution in [0.25, 0.3) is 0 Å². The molecule has 0 radical (unpaired) electrons. The van der Waals surface area contributed by atoms with Crippen LogP contribution in [0.2, 0.25) is 5.02 Å². The van der Waals surface area contributed by atoms with E-state index in [1.807, 2.05) is 45.0 Å². The molecule has 8 nitrogen and oxygen atoms in total. The van der Waals surface area contributed by atoms with Crippen molar-refractivity contribution in [3.05, 3.63) is 76.5 Å². The molecule has 10 heteroatoms. The number of hydrogen-bond acceptors (Lipinski definition) is 5. The molecule has 3 amide bonds. The van der Waals surface area contributed by atoms with Gasteiger partial charge in [0.1, 0.15) is 23.9 Å². The molecule has 3 aromatic rings. The fourth-order valence-electron chi connectivity index (χ4n) is 3.75. The van der Waals surface area contributed by atoms with Crippen LogP contribution in [0.3, 0.4) is 0 Å². The molecule has 190 valence electrons. The number of hydrogen-bond donors (Lipinski definition) is 1. The van der Waals surface area contributed by atoms with Gasteiger partial charge in [0.2, 0.25) is 12.7 Å². The molecule has 1 aliphatic heterocycles. The van der Waals surface area contributed by atoms with Gasteiger partial charge in [-0.3, -0.25) is 4.79 Å². The standard InChI is InChI=1S/C26H27ClFN3O5/c1-16(2)31(26(33)29-19-6-8-22(28)21(27)11-19)14-25(32)30(13-20-7-4-17(3)36-20)12-18-5-9-23-24(10-18)35-15-34-23/h4-11,16H,12-15H2,1-3H3,(H,29,33). The van der Waals surface area contributed by atoms with Gasteiger partial charge in [0.05, 0.1) is 11.6 Å². The normalized spacial score (nSPS) is 12.1. The van der Waals surface area contributed by atoms with Gasteiger partial charge < -0.3 is 29.0 Å². The molecule has 1 aromatic heterocycles. The van der Waals surface area contributed by atoms with Crippen molar-refractivity contribution in [3.8, 4) is 11.5 Å². The molecule has 0 saturated heterocycles. The van der Waals surface area contributed by atoms with Gasteiger partial charge in [0.25, 0.3) is 0 Å². The van der Waals surface area contributed by atoms with Crippen LogP contribution in [0, 0.1) is 12.7 Å². The molecule has 2 heterocycles. The Balaban J connectivity index is 1.51. The summed E-state index contributed by atoms with van der Waals surface area (Å²) in [5.74, 6) is 1.78. The summed E-state index contributed by atoms with van der Waals surface area (Å²) in [6.45, 7) is 5.93. The van der Waals surface area contributed by atoms with Crippen LogP contribution in [0.1, 0.15) is 30.9 Å². The molecule has 4 rings (SSSR count). The zero-order valence-electron chi connectivity index (χ0n) is 20.2. The molecule has 0 fully saturated rings. The highest BCUT2D eigenvalue weighted by Crippen LogP contribution is 2.33. The monoisotopic (exact) mass is 515 g/mol. The number of carbonyl (C=O) groups is 2. The highest BCUT2D eigenvalue weighted by Gasteiger charge is 2.25. The number of fused-ring (bicyclic) bond motifs is 1. The van der Waals surface area contributed by atoms with Crippen LogP contribution in [-0.4, -0.2) is 41.1 Å². The smallest absolute Gasteiger partial charge is 0.322 e. The minimum absolute atomic E-state index is 0.108. The molecular formula is C26H27ClFN3O5. The Labute approximate surface area is 213 Å². The van der Waals surface area contributed by atoms with Gasteiger partial charge in [-0.05, 0) is 68.8 Å². The first-order valence-electron chi connectivity index (χ1n) is 11.4. The number of ether oxygens (including phenoxy) is 2. The van der Waals surface area contributed by atoms with Crippen LogP contribution in [0.4, 0.5) is 14.9 Å². The first-order chi connectivity index (χ1) is 17.2. The lowest BCUT2D eigenvalue weighted by Gasteiger charge is -2.30. The third-order valence-corrected chi connectivity index (χ3v) is 5.96. The Kier molecular flexibility index (Phi) is 7.69. The molecule has 0 spiro atoms. The van der Waals surface area contributed by atoms with E-state index in [4.69, 9.17) is 25.5 Å². The molecule has 2 aromatic carbocycles. The van der Waals surface area contributed by atoms with Gasteiger partial charge in [0.15, 0.2) is 11.5 Å². The van der Waals surface area contributed by atoms with Gasteiger partial charge in [-0.2, -0.15) is 0 Å². The van der Waals surface area contributed by atoms with E-state index in [2.05, 4.69) is 5.32 Å². The number of rotatable bonds is 8. The van der Waals surface area contributed by atoms with E-state index in [1.165, 1.54) is 23.1 Å². The Hall–Kier alpha value is -3.72. The van der Waals surface area contributed by atoms with Crippen molar-refractivity contribution in [2.45, 2.75) is 39.9 Å². The second-order valence-electron chi connectivity index (χ2n) is 8.73. The van der Waals surface area contributed by atoms with Crippen LogP contribution < -0.4 is 14.8 Å². The maximum Gasteiger partial charge on any atom is 0.322 e. The first kappa shape index (κ1) is 25.4. The summed E-state index contributed by atoms with van der Waals surface area (Å²) < 4.78 is 30.0. The Morgan fingerprint density at radius 1 is 1.06 bits per heavy atom. The summed E-state index contributed by atoms with van der Waals surface area (Å²) in [7, 11) is 0. The van der Waals surface area contributed by atoms with Crippen molar-refractivity contribution >= 4 is 29.2 Å². The lowest BCUT2D eigenvalue weighted by molar-refractivity contribution is -0.133. The van der Waals surface area contributed by atoms with E-state index < -0.39 is 11.8 Å². The summed E-state index contributed by atoms with van der Waals surface area (Å²) in [5, 5.41) is 2.58. The molecule has 0 unspecified atom stereocenters. The Morgan fingerprint density at radius 2 is 1.83 bits per heavy atom. The van der Waals surface area contributed by atoms with Gasteiger partial charge >= 0.3 is 6.03 Å². The van der Waals surface area contributed by atoms with Crippen molar-refractivity contribution in [1.29, 1.82) is 0 Å². The second kappa shape index (κ2) is 10.9. The van der Waals surface area contributed by atoms with Gasteiger partial charge in [-0.1, -0.05) is 17.7 Å². The van der Waals surface area contributed by atoms with Gasteiger partial charge in [0, 0.05) is 18.3 Å². The van der Waals surface area contributed by atoms with Crippen LogP contribution in [0.15, 0.2) is 52.9 Å². The number of amides is 3. The number of carbonyl (C=O) groups excluding carboxylic acids is 2. The maximum atomic E-state index is 13.5. The van der Waals surface area contributed by atoms with E-state index in [0.29, 0.717) is 22.9 Å². The zero-order valence-corrected chi connectivity index (χ0v) is 21.0. The number of benzene rings is 2. The van der Waals surface area contributed by atoms with Gasteiger partial charge in [-0.25, -0.2) is 9.18 Å². The SMILES string of the molecule is Cc1ccc(CN(Cc2ccc3c(c2)OCO3)C(=O)CN(C(=O)Nc2ccc(F)c(Cl)c2)C(C)C)o1. The van der Waals surface area contributed by atoms with Crippen LogP contribution in [-0.2, 0) is 17.9 Å². The van der Waals surface area contributed by atoms with E-state index in [9.17, 15) is 14.0 Å². The topological polar surface area (TPSA) is 84.2 Å². The molecule has 36 heavy (non-hydrogen) atoms. The Bertz CT molecular complexity index is 1260. The van der Waals surface area contributed by atoms with Crippen molar-refractivity contribution in [3.63, 3.8) is 0 Å². The average Bonchev–Trinajstić information content (AvgIpc) is 3.47. The summed E-state index contributed by atoms with van der Waals surface area (Å²) >= 11 is 5.83. The number of anilines is 1. The summed E-state index contributed by atoms with van der Waals surface area (Å²) in [5.41, 5.74) is 1.17. The molecule has 0 aliphatic carbocycles. The number of urea groups is 1. The zero-order chi connectivity index (χ0) is 25.8. The molecule has 1 N–H and O–H groups in total. The fourth-order valence-corrected chi connectivity index (χ4v) is 3.93. The highest BCUT2D eigenvalue weighted by atomic mass is 35.5. The van der Waals surface area contributed by atoms with Crippen molar-refractivity contribution < 1.29 is 27.9 Å². The second-order valence-corrected chi connectivity index (χ2v) is 9.14. The molecule has 0 saturated carbocycles. The fraction of sp³-hybridized carbons (Fsp3) is 0.308. The predicted molar refractivity (Wildman–Crippen MR) is 133 cm³/mol. The van der Waals surface area contributed by atoms with Crippen LogP contribution >= 0.6 is 11.6 Å². The summed E-state index contributed by atoms with van der Waals surface area (Å²) in [4.78, 5) is 29.5. The maximum absolute atomic E-state index is 13.5.